The molecular formula is C40H26Cl5F2N9. The highest BCUT2D eigenvalue weighted by molar-refractivity contribution is 6.36. The van der Waals surface area contributed by atoms with Gasteiger partial charge in [0.05, 0.1) is 44.9 Å². The fourth-order valence-electron chi connectivity index (χ4n) is 5.79. The van der Waals surface area contributed by atoms with Crippen molar-refractivity contribution in [2.45, 2.75) is 13.1 Å². The van der Waals surface area contributed by atoms with E-state index in [2.05, 4.69) is 30.6 Å². The Hall–Kier alpha value is -5.43. The smallest absolute Gasteiger partial charge is 0.224 e. The molecule has 0 spiro atoms. The number of halogens is 7. The second-order valence-corrected chi connectivity index (χ2v) is 14.0. The van der Waals surface area contributed by atoms with E-state index in [1.165, 1.54) is 0 Å². The Labute approximate surface area is 343 Å². The van der Waals surface area contributed by atoms with E-state index < -0.39 is 11.6 Å². The number of nitrogens with zero attached hydrogens (tertiary/aromatic N) is 6. The monoisotopic (exact) mass is 845 g/mol. The Kier molecular flexibility index (Phi) is 11.9. The van der Waals surface area contributed by atoms with Crippen LogP contribution in [0.1, 0.15) is 11.1 Å². The lowest BCUT2D eigenvalue weighted by atomic mass is 10.0. The predicted octanol–water partition coefficient (Wildman–Crippen LogP) is 11.7. The largest absolute Gasteiger partial charge is 0.368 e. The number of benzene rings is 4. The van der Waals surface area contributed by atoms with Crippen molar-refractivity contribution in [1.29, 1.82) is 0 Å². The van der Waals surface area contributed by atoms with Crippen molar-refractivity contribution in [3.05, 3.63) is 158 Å². The average Bonchev–Trinajstić information content (AvgIpc) is 3.19. The van der Waals surface area contributed by atoms with Gasteiger partial charge in [0.2, 0.25) is 11.2 Å². The Morgan fingerprint density at radius 3 is 1.46 bits per heavy atom. The molecule has 0 aliphatic heterocycles. The van der Waals surface area contributed by atoms with E-state index in [-0.39, 0.29) is 36.0 Å². The minimum atomic E-state index is -0.597. The number of nitrogens with one attached hydrogen (secondary N) is 2. The molecule has 9 nitrogen and oxygen atoms in total. The molecule has 4 aromatic heterocycles. The van der Waals surface area contributed by atoms with Gasteiger partial charge in [-0.25, -0.2) is 28.7 Å². The molecule has 0 aliphatic rings. The minimum absolute atomic E-state index is 0.0105. The third-order valence-electron chi connectivity index (χ3n) is 8.38. The molecule has 0 atom stereocenters. The van der Waals surface area contributed by atoms with Crippen LogP contribution >= 0.6 is 58.0 Å². The molecule has 4 heterocycles. The summed E-state index contributed by atoms with van der Waals surface area (Å²) >= 11 is 31.2. The average molecular weight is 848 g/mol. The van der Waals surface area contributed by atoms with Crippen LogP contribution in [0.4, 0.5) is 26.4 Å². The minimum Gasteiger partial charge on any atom is -0.368 e. The molecule has 8 rings (SSSR count). The molecule has 16 heteroatoms. The molecule has 4 N–H and O–H groups in total. The normalized spacial score (nSPS) is 11.0. The van der Waals surface area contributed by atoms with Crippen LogP contribution in [-0.4, -0.2) is 29.9 Å². The molecule has 4 aromatic carbocycles. The van der Waals surface area contributed by atoms with Gasteiger partial charge in [-0.3, -0.25) is 0 Å². The molecule has 0 saturated carbocycles. The van der Waals surface area contributed by atoms with Crippen LogP contribution < -0.4 is 16.4 Å². The standard InChI is InChI=1S/C20H12Cl3FN4.C20H14Cl2FN5/c21-14-6-2-1-5-13(14)17-12(8-11-4-3-7-15(22)18(11)27-17)9-25-19-16(24)10-26-20(23)28-19;21-14-6-2-1-5-13(14)17-12(8-11-4-3-7-15(22)18(11)27-17)9-25-19-16(23)10-26-20(24)28-19/h1-8,10H,9H2,(H,25,26,28);1-8,10H,9H2,(H3,24,25,26,28). The van der Waals surface area contributed by atoms with Gasteiger partial charge in [0.25, 0.3) is 0 Å². The Bertz CT molecular complexity index is 2550. The molecule has 8 aromatic rings. The topological polar surface area (TPSA) is 127 Å². The zero-order valence-electron chi connectivity index (χ0n) is 28.7. The van der Waals surface area contributed by atoms with Gasteiger partial charge < -0.3 is 16.4 Å². The van der Waals surface area contributed by atoms with Gasteiger partial charge in [-0.2, -0.15) is 9.97 Å². The van der Waals surface area contributed by atoms with Crippen LogP contribution in [0.3, 0.4) is 0 Å². The van der Waals surface area contributed by atoms with Crippen LogP contribution in [0.5, 0.6) is 0 Å². The maximum atomic E-state index is 14.0. The molecule has 56 heavy (non-hydrogen) atoms. The van der Waals surface area contributed by atoms with Crippen molar-refractivity contribution in [1.82, 2.24) is 29.9 Å². The van der Waals surface area contributed by atoms with Gasteiger partial charge in [0.1, 0.15) is 0 Å². The van der Waals surface area contributed by atoms with Crippen molar-refractivity contribution < 1.29 is 8.78 Å². The van der Waals surface area contributed by atoms with Gasteiger partial charge in [-0.05, 0) is 59.1 Å². The van der Waals surface area contributed by atoms with E-state index in [1.807, 2.05) is 72.8 Å². The summed E-state index contributed by atoms with van der Waals surface area (Å²) in [7, 11) is 0. The van der Waals surface area contributed by atoms with E-state index in [9.17, 15) is 8.78 Å². The summed E-state index contributed by atoms with van der Waals surface area (Å²) in [5.41, 5.74) is 11.3. The number of rotatable bonds is 8. The van der Waals surface area contributed by atoms with Crippen LogP contribution in [0.2, 0.25) is 25.4 Å². The number of fused-ring (bicyclic) bond motifs is 2. The maximum Gasteiger partial charge on any atom is 0.224 e. The zero-order valence-corrected chi connectivity index (χ0v) is 32.5. The molecule has 0 bridgehead atoms. The fourth-order valence-corrected chi connectivity index (χ4v) is 6.82. The SMILES string of the molecule is Fc1cnc(Cl)nc1NCc1cc2cccc(Cl)c2nc1-c1ccccc1Cl.Nc1ncc(F)c(NCc2cc3cccc(Cl)c3nc2-c2ccccc2Cl)n1. The van der Waals surface area contributed by atoms with E-state index in [4.69, 9.17) is 73.7 Å². The van der Waals surface area contributed by atoms with Crippen LogP contribution in [0.25, 0.3) is 44.3 Å². The third-order valence-corrected chi connectivity index (χ3v) is 9.83. The second kappa shape index (κ2) is 17.2. The second-order valence-electron chi connectivity index (χ2n) is 12.0. The molecule has 280 valence electrons. The van der Waals surface area contributed by atoms with Crippen molar-refractivity contribution in [3.63, 3.8) is 0 Å². The van der Waals surface area contributed by atoms with E-state index in [0.717, 1.165) is 45.4 Å². The lowest BCUT2D eigenvalue weighted by Crippen LogP contribution is -2.08. The first-order chi connectivity index (χ1) is 27.0. The van der Waals surface area contributed by atoms with E-state index in [1.54, 1.807) is 24.3 Å². The molecule has 0 unspecified atom stereocenters. The van der Waals surface area contributed by atoms with Gasteiger partial charge >= 0.3 is 0 Å². The third kappa shape index (κ3) is 8.67. The first-order valence-corrected chi connectivity index (χ1v) is 18.5. The summed E-state index contributed by atoms with van der Waals surface area (Å²) in [5, 5.41) is 9.78. The Morgan fingerprint density at radius 2 is 0.964 bits per heavy atom. The van der Waals surface area contributed by atoms with Crippen LogP contribution in [0, 0.1) is 11.6 Å². The van der Waals surface area contributed by atoms with Gasteiger partial charge in [0, 0.05) is 45.0 Å². The Balaban J connectivity index is 0.000000172. The summed E-state index contributed by atoms with van der Waals surface area (Å²) in [6.07, 6.45) is 2.04. The quantitative estimate of drug-likeness (QED) is 0.128. The highest BCUT2D eigenvalue weighted by Gasteiger charge is 2.17. The number of anilines is 3. The van der Waals surface area contributed by atoms with Crippen molar-refractivity contribution in [3.8, 4) is 22.5 Å². The summed E-state index contributed by atoms with van der Waals surface area (Å²) in [5.74, 6) is -1.18. The molecule has 0 saturated heterocycles. The van der Waals surface area contributed by atoms with Gasteiger partial charge in [-0.1, -0.05) is 107 Å². The predicted molar refractivity (Wildman–Crippen MR) is 222 cm³/mol. The number of aromatic nitrogens is 6. The lowest BCUT2D eigenvalue weighted by molar-refractivity contribution is 0.616. The van der Waals surface area contributed by atoms with Crippen LogP contribution in [-0.2, 0) is 13.1 Å². The summed E-state index contributed by atoms with van der Waals surface area (Å²) in [6, 6.07) is 29.7. The number of nitrogen functional groups attached to an aromatic ring is 1. The van der Waals surface area contributed by atoms with Crippen molar-refractivity contribution in [2.24, 2.45) is 0 Å². The zero-order chi connectivity index (χ0) is 39.3. The maximum absolute atomic E-state index is 14.0. The van der Waals surface area contributed by atoms with E-state index >= 15 is 0 Å². The number of pyridine rings is 2. The van der Waals surface area contributed by atoms with Crippen molar-refractivity contribution in [2.75, 3.05) is 16.4 Å². The molecule has 0 radical (unpaired) electrons. The van der Waals surface area contributed by atoms with Crippen LogP contribution in [0.15, 0.2) is 109 Å². The summed E-state index contributed by atoms with van der Waals surface area (Å²) in [6.45, 7) is 0.504. The highest BCUT2D eigenvalue weighted by atomic mass is 35.5. The number of hydrogen-bond donors (Lipinski definition) is 3. The molecule has 0 amide bonds. The molecular weight excluding hydrogens is 822 g/mol. The Morgan fingerprint density at radius 1 is 0.518 bits per heavy atom. The van der Waals surface area contributed by atoms with E-state index in [0.29, 0.717) is 42.5 Å². The number of para-hydroxylation sites is 2. The van der Waals surface area contributed by atoms with Crippen molar-refractivity contribution >= 4 is 97.4 Å². The van der Waals surface area contributed by atoms with Gasteiger partial charge in [-0.15, -0.1) is 0 Å². The van der Waals surface area contributed by atoms with Gasteiger partial charge in [0.15, 0.2) is 23.3 Å². The first-order valence-electron chi connectivity index (χ1n) is 16.7. The fraction of sp³-hybridized carbons (Fsp3) is 0.0500. The molecule has 0 fully saturated rings. The lowest BCUT2D eigenvalue weighted by Gasteiger charge is -2.14. The highest BCUT2D eigenvalue weighted by Crippen LogP contribution is 2.35. The summed E-state index contributed by atoms with van der Waals surface area (Å²) < 4.78 is 27.9. The number of nitrogens with two attached hydrogens (primary N) is 1. The summed E-state index contributed by atoms with van der Waals surface area (Å²) in [4.78, 5) is 24.5. The number of hydrogen-bond acceptors (Lipinski definition) is 9. The molecule has 0 aliphatic carbocycles. The first kappa shape index (κ1) is 38.8.